The number of aromatic nitrogens is 2. The molecule has 0 radical (unpaired) electrons. The van der Waals surface area contributed by atoms with E-state index in [1.165, 1.54) is 26.5 Å². The van der Waals surface area contributed by atoms with Crippen LogP contribution in [-0.2, 0) is 0 Å². The Hall–Kier alpha value is -3.03. The van der Waals surface area contributed by atoms with Gasteiger partial charge in [0, 0.05) is 0 Å². The number of rotatable bonds is 5. The molecule has 0 spiro atoms. The first-order chi connectivity index (χ1) is 10.2. The molecule has 3 N–H and O–H groups in total. The summed E-state index contributed by atoms with van der Waals surface area (Å²) in [6, 6.07) is 6.68. The highest BCUT2D eigenvalue weighted by atomic mass is 16.5. The number of hydrogen-bond acceptors (Lipinski definition) is 7. The van der Waals surface area contributed by atoms with Gasteiger partial charge in [-0.2, -0.15) is 5.10 Å². The van der Waals surface area contributed by atoms with Crippen LogP contribution in [0.4, 0.5) is 0 Å². The van der Waals surface area contributed by atoms with Crippen LogP contribution >= 0.6 is 0 Å². The van der Waals surface area contributed by atoms with Gasteiger partial charge in [-0.05, 0) is 18.2 Å². The smallest absolute Gasteiger partial charge is 0.250 e. The van der Waals surface area contributed by atoms with Gasteiger partial charge in [-0.15, -0.1) is 5.10 Å². The molecule has 0 fully saturated rings. The molecule has 0 aliphatic heterocycles. The molecule has 110 valence electrons. The van der Waals surface area contributed by atoms with Gasteiger partial charge in [0.15, 0.2) is 17.3 Å². The zero-order valence-electron chi connectivity index (χ0n) is 11.5. The van der Waals surface area contributed by atoms with Crippen LogP contribution in [0.15, 0.2) is 35.6 Å². The molecule has 8 nitrogen and oxygen atoms in total. The van der Waals surface area contributed by atoms with Gasteiger partial charge in [-0.1, -0.05) is 11.2 Å². The molecule has 1 heterocycles. The van der Waals surface area contributed by atoms with Crippen LogP contribution in [0.25, 0.3) is 0 Å². The summed E-state index contributed by atoms with van der Waals surface area (Å²) in [6.45, 7) is 0. The van der Waals surface area contributed by atoms with Gasteiger partial charge in [0.2, 0.25) is 11.6 Å². The third-order valence-electron chi connectivity index (χ3n) is 2.65. The van der Waals surface area contributed by atoms with Crippen molar-refractivity contribution in [2.24, 2.45) is 10.9 Å². The van der Waals surface area contributed by atoms with E-state index in [2.05, 4.69) is 15.4 Å². The largest absolute Gasteiger partial charge is 0.493 e. The molecule has 2 aromatic rings. The van der Waals surface area contributed by atoms with Gasteiger partial charge in [0.25, 0.3) is 0 Å². The van der Waals surface area contributed by atoms with Gasteiger partial charge in [-0.25, -0.2) is 0 Å². The summed E-state index contributed by atoms with van der Waals surface area (Å²) >= 11 is 0. The fraction of sp³-hybridized carbons (Fsp3) is 0.154. The normalized spacial score (nSPS) is 11.0. The van der Waals surface area contributed by atoms with E-state index in [1.54, 1.807) is 18.2 Å². The zero-order valence-corrected chi connectivity index (χ0v) is 11.5. The number of hydrogen-bond donors (Lipinski definition) is 2. The van der Waals surface area contributed by atoms with Gasteiger partial charge >= 0.3 is 0 Å². The molecule has 0 unspecified atom stereocenters. The lowest BCUT2D eigenvalue weighted by molar-refractivity contribution is 0.318. The maximum absolute atomic E-state index is 8.79. The van der Waals surface area contributed by atoms with Crippen LogP contribution in [0.2, 0.25) is 0 Å². The summed E-state index contributed by atoms with van der Waals surface area (Å²) in [4.78, 5) is 0. The molecule has 0 aliphatic rings. The first-order valence-electron chi connectivity index (χ1n) is 5.89. The van der Waals surface area contributed by atoms with Gasteiger partial charge < -0.3 is 25.2 Å². The lowest BCUT2D eigenvalue weighted by Gasteiger charge is -2.14. The van der Waals surface area contributed by atoms with E-state index in [1.807, 2.05) is 0 Å². The zero-order chi connectivity index (χ0) is 15.2. The predicted octanol–water partition coefficient (Wildman–Crippen LogP) is 1.38. The SMILES string of the molecule is COc1cccc(OC)c1Oc1nnccc1/C(N)=N/O. The van der Waals surface area contributed by atoms with E-state index in [0.717, 1.165) is 0 Å². The number of methoxy groups -OCH3 is 2. The Kier molecular flexibility index (Phi) is 4.39. The van der Waals surface area contributed by atoms with Crippen molar-refractivity contribution in [3.05, 3.63) is 36.0 Å². The Morgan fingerprint density at radius 3 is 2.43 bits per heavy atom. The average molecular weight is 290 g/mol. The first-order valence-corrected chi connectivity index (χ1v) is 5.89. The maximum Gasteiger partial charge on any atom is 0.250 e. The minimum atomic E-state index is -0.145. The highest BCUT2D eigenvalue weighted by molar-refractivity contribution is 5.99. The fourth-order valence-corrected chi connectivity index (χ4v) is 1.66. The summed E-state index contributed by atoms with van der Waals surface area (Å²) in [6.07, 6.45) is 1.40. The average Bonchev–Trinajstić information content (AvgIpc) is 2.54. The van der Waals surface area contributed by atoms with Crippen LogP contribution < -0.4 is 19.9 Å². The lowest BCUT2D eigenvalue weighted by Crippen LogP contribution is -2.15. The van der Waals surface area contributed by atoms with Crippen molar-refractivity contribution in [3.63, 3.8) is 0 Å². The number of nitrogens with zero attached hydrogens (tertiary/aromatic N) is 3. The van der Waals surface area contributed by atoms with Crippen molar-refractivity contribution >= 4 is 5.84 Å². The number of para-hydroxylation sites is 1. The quantitative estimate of drug-likeness (QED) is 0.370. The molecule has 0 aliphatic carbocycles. The predicted molar refractivity (Wildman–Crippen MR) is 74.2 cm³/mol. The summed E-state index contributed by atoms with van der Waals surface area (Å²) in [5.41, 5.74) is 5.87. The maximum atomic E-state index is 8.79. The number of nitrogens with two attached hydrogens (primary N) is 1. The van der Waals surface area contributed by atoms with E-state index in [0.29, 0.717) is 22.8 Å². The van der Waals surface area contributed by atoms with Crippen molar-refractivity contribution in [1.82, 2.24) is 10.2 Å². The van der Waals surface area contributed by atoms with E-state index >= 15 is 0 Å². The molecular weight excluding hydrogens is 276 g/mol. The minimum Gasteiger partial charge on any atom is -0.493 e. The third kappa shape index (κ3) is 2.94. The van der Waals surface area contributed by atoms with Crippen molar-refractivity contribution in [2.45, 2.75) is 0 Å². The second kappa shape index (κ2) is 6.42. The number of amidine groups is 1. The van der Waals surface area contributed by atoms with Crippen molar-refractivity contribution in [1.29, 1.82) is 0 Å². The van der Waals surface area contributed by atoms with Crippen LogP contribution in [0.1, 0.15) is 5.56 Å². The monoisotopic (exact) mass is 290 g/mol. The Morgan fingerprint density at radius 2 is 1.86 bits per heavy atom. The molecule has 2 rings (SSSR count). The topological polar surface area (TPSA) is 112 Å². The number of benzene rings is 1. The minimum absolute atomic E-state index is 0.0654. The molecule has 21 heavy (non-hydrogen) atoms. The van der Waals surface area contributed by atoms with Gasteiger partial charge in [0.05, 0.1) is 26.0 Å². The molecule has 0 bridgehead atoms. The van der Waals surface area contributed by atoms with Crippen molar-refractivity contribution < 1.29 is 19.4 Å². The highest BCUT2D eigenvalue weighted by Gasteiger charge is 2.17. The molecule has 0 saturated carbocycles. The summed E-state index contributed by atoms with van der Waals surface area (Å²) < 4.78 is 16.1. The second-order valence-corrected chi connectivity index (χ2v) is 3.83. The Bertz CT molecular complexity index is 638. The standard InChI is InChI=1S/C13H14N4O4/c1-19-9-4-3-5-10(20-2)11(9)21-13-8(12(14)17-18)6-7-15-16-13/h3-7,18H,1-2H3,(H2,14,17). The van der Waals surface area contributed by atoms with Crippen molar-refractivity contribution in [2.75, 3.05) is 14.2 Å². The third-order valence-corrected chi connectivity index (χ3v) is 2.65. The second-order valence-electron chi connectivity index (χ2n) is 3.83. The van der Waals surface area contributed by atoms with E-state index in [-0.39, 0.29) is 11.7 Å². The number of oxime groups is 1. The first kappa shape index (κ1) is 14.4. The summed E-state index contributed by atoms with van der Waals surface area (Å²) in [5, 5.41) is 19.3. The fourth-order valence-electron chi connectivity index (χ4n) is 1.66. The van der Waals surface area contributed by atoms with E-state index in [4.69, 9.17) is 25.2 Å². The Balaban J connectivity index is 2.48. The van der Waals surface area contributed by atoms with Crippen molar-refractivity contribution in [3.8, 4) is 23.1 Å². The molecule has 8 heteroatoms. The van der Waals surface area contributed by atoms with Crippen LogP contribution in [0, 0.1) is 0 Å². The highest BCUT2D eigenvalue weighted by Crippen LogP contribution is 2.39. The van der Waals surface area contributed by atoms with Crippen LogP contribution in [-0.4, -0.2) is 35.5 Å². The van der Waals surface area contributed by atoms with E-state index in [9.17, 15) is 0 Å². The molecular formula is C13H14N4O4. The molecule has 0 saturated heterocycles. The van der Waals surface area contributed by atoms with Gasteiger partial charge in [0.1, 0.15) is 0 Å². The Morgan fingerprint density at radius 1 is 1.19 bits per heavy atom. The molecule has 0 amide bonds. The van der Waals surface area contributed by atoms with E-state index < -0.39 is 0 Å². The molecule has 1 aromatic heterocycles. The summed E-state index contributed by atoms with van der Waals surface area (Å²) in [7, 11) is 3.01. The van der Waals surface area contributed by atoms with Crippen LogP contribution in [0.5, 0.6) is 23.1 Å². The molecule has 0 atom stereocenters. The van der Waals surface area contributed by atoms with Gasteiger partial charge in [-0.3, -0.25) is 0 Å². The van der Waals surface area contributed by atoms with Crippen LogP contribution in [0.3, 0.4) is 0 Å². The lowest BCUT2D eigenvalue weighted by atomic mass is 10.2. The molecule has 1 aromatic carbocycles. The number of ether oxygens (including phenoxy) is 3. The Labute approximate surface area is 120 Å². The summed E-state index contributed by atoms with van der Waals surface area (Å²) in [5.74, 6) is 1.13.